The van der Waals surface area contributed by atoms with Crippen LogP contribution >= 0.6 is 11.6 Å². The number of halogens is 1. The van der Waals surface area contributed by atoms with Crippen LogP contribution < -0.4 is 16.0 Å². The zero-order chi connectivity index (χ0) is 18.8. The molecule has 1 aliphatic rings. The quantitative estimate of drug-likeness (QED) is 0.618. The Kier molecular flexibility index (Phi) is 4.91. The first-order valence-electron chi connectivity index (χ1n) is 8.85. The minimum absolute atomic E-state index is 0.260. The van der Waals surface area contributed by atoms with Gasteiger partial charge in [0.15, 0.2) is 0 Å². The maximum Gasteiger partial charge on any atom is 0.271 e. The number of carbonyl (C=O) groups is 1. The maximum absolute atomic E-state index is 12.3. The lowest BCUT2D eigenvalue weighted by Gasteiger charge is -2.24. The van der Waals surface area contributed by atoms with Gasteiger partial charge in [-0.2, -0.15) is 0 Å². The summed E-state index contributed by atoms with van der Waals surface area (Å²) in [4.78, 5) is 30.7. The molecular formula is C18H20ClN7O. The van der Waals surface area contributed by atoms with E-state index in [1.165, 1.54) is 6.20 Å². The summed E-state index contributed by atoms with van der Waals surface area (Å²) < 4.78 is 0. The molecular weight excluding hydrogens is 366 g/mol. The van der Waals surface area contributed by atoms with E-state index in [2.05, 4.69) is 30.2 Å². The number of nitrogens with two attached hydrogens (primary N) is 1. The highest BCUT2D eigenvalue weighted by Crippen LogP contribution is 2.22. The topological polar surface area (TPSA) is 113 Å². The van der Waals surface area contributed by atoms with Crippen LogP contribution in [0.2, 0.25) is 5.02 Å². The zero-order valence-corrected chi connectivity index (χ0v) is 15.4. The van der Waals surface area contributed by atoms with Gasteiger partial charge in [-0.05, 0) is 31.0 Å². The van der Waals surface area contributed by atoms with Gasteiger partial charge >= 0.3 is 0 Å². The monoisotopic (exact) mass is 385 g/mol. The van der Waals surface area contributed by atoms with E-state index in [4.69, 9.17) is 17.3 Å². The molecule has 1 fully saturated rings. The van der Waals surface area contributed by atoms with Crippen LogP contribution in [0.15, 0.2) is 30.6 Å². The summed E-state index contributed by atoms with van der Waals surface area (Å²) in [6, 6.07) is 5.70. The first kappa shape index (κ1) is 17.7. The Labute approximate surface area is 161 Å². The van der Waals surface area contributed by atoms with E-state index in [1.54, 1.807) is 18.3 Å². The summed E-state index contributed by atoms with van der Waals surface area (Å²) in [5.74, 6) is 1.10. The van der Waals surface area contributed by atoms with Crippen LogP contribution in [-0.4, -0.2) is 45.0 Å². The highest BCUT2D eigenvalue weighted by atomic mass is 35.5. The van der Waals surface area contributed by atoms with Crippen molar-refractivity contribution in [3.05, 3.63) is 47.1 Å². The molecule has 3 aromatic rings. The number of aromatic amines is 1. The van der Waals surface area contributed by atoms with Gasteiger partial charge in [0.05, 0.1) is 30.0 Å². The van der Waals surface area contributed by atoms with Gasteiger partial charge < -0.3 is 20.9 Å². The number of fused-ring (bicyclic) bond motifs is 1. The van der Waals surface area contributed by atoms with Gasteiger partial charge in [0.1, 0.15) is 17.3 Å². The Morgan fingerprint density at radius 1 is 1.37 bits per heavy atom. The summed E-state index contributed by atoms with van der Waals surface area (Å²) in [5.41, 5.74) is 7.69. The van der Waals surface area contributed by atoms with Crippen molar-refractivity contribution < 1.29 is 4.79 Å². The molecule has 9 heteroatoms. The first-order valence-corrected chi connectivity index (χ1v) is 9.23. The average Bonchev–Trinajstić information content (AvgIpc) is 3.32. The number of imidazole rings is 1. The number of H-pyrrole nitrogens is 1. The van der Waals surface area contributed by atoms with Crippen LogP contribution in [-0.2, 0) is 6.54 Å². The third kappa shape index (κ3) is 3.72. The molecule has 0 saturated carbocycles. The normalized spacial score (nSPS) is 16.8. The predicted octanol–water partition coefficient (Wildman–Crippen LogP) is 1.86. The van der Waals surface area contributed by atoms with Crippen LogP contribution in [0.1, 0.15) is 29.2 Å². The molecule has 4 rings (SSSR count). The number of nitrogens with one attached hydrogen (secondary N) is 2. The van der Waals surface area contributed by atoms with E-state index in [9.17, 15) is 4.79 Å². The predicted molar refractivity (Wildman–Crippen MR) is 104 cm³/mol. The van der Waals surface area contributed by atoms with Crippen LogP contribution in [0.4, 0.5) is 5.82 Å². The van der Waals surface area contributed by atoms with Crippen molar-refractivity contribution in [3.63, 3.8) is 0 Å². The third-order valence-corrected chi connectivity index (χ3v) is 4.96. The van der Waals surface area contributed by atoms with E-state index in [1.807, 2.05) is 6.07 Å². The second-order valence-electron chi connectivity index (χ2n) is 6.51. The fourth-order valence-electron chi connectivity index (χ4n) is 3.34. The Morgan fingerprint density at radius 3 is 3.04 bits per heavy atom. The number of hydrogen-bond donors (Lipinski definition) is 3. The van der Waals surface area contributed by atoms with Gasteiger partial charge in [-0.1, -0.05) is 11.6 Å². The van der Waals surface area contributed by atoms with Crippen molar-refractivity contribution in [2.24, 2.45) is 5.73 Å². The van der Waals surface area contributed by atoms with Crippen molar-refractivity contribution in [3.8, 4) is 0 Å². The first-order chi connectivity index (χ1) is 13.1. The van der Waals surface area contributed by atoms with E-state index in [0.717, 1.165) is 36.2 Å². The van der Waals surface area contributed by atoms with Crippen molar-refractivity contribution in [1.29, 1.82) is 0 Å². The molecule has 3 heterocycles. The lowest BCUT2D eigenvalue weighted by atomic mass is 10.2. The molecule has 1 saturated heterocycles. The second kappa shape index (κ2) is 7.50. The SMILES string of the molecule is NCC1CCCN1c1cnc(C(=O)NCc2nc3ccc(Cl)cc3[nH]2)cn1. The fourth-order valence-corrected chi connectivity index (χ4v) is 3.51. The van der Waals surface area contributed by atoms with Gasteiger partial charge in [0.2, 0.25) is 0 Å². The van der Waals surface area contributed by atoms with E-state index < -0.39 is 0 Å². The minimum Gasteiger partial charge on any atom is -0.351 e. The molecule has 27 heavy (non-hydrogen) atoms. The van der Waals surface area contributed by atoms with Gasteiger partial charge in [-0.3, -0.25) is 4.79 Å². The van der Waals surface area contributed by atoms with Gasteiger partial charge in [-0.15, -0.1) is 0 Å². The molecule has 0 spiro atoms. The Balaban J connectivity index is 1.40. The molecule has 0 radical (unpaired) electrons. The zero-order valence-electron chi connectivity index (χ0n) is 14.7. The molecule has 0 aliphatic carbocycles. The van der Waals surface area contributed by atoms with Crippen molar-refractivity contribution in [2.75, 3.05) is 18.0 Å². The number of amides is 1. The lowest BCUT2D eigenvalue weighted by Crippen LogP contribution is -2.36. The van der Waals surface area contributed by atoms with Crippen molar-refractivity contribution in [1.82, 2.24) is 25.3 Å². The molecule has 4 N–H and O–H groups in total. The van der Waals surface area contributed by atoms with Crippen LogP contribution in [0.3, 0.4) is 0 Å². The summed E-state index contributed by atoms with van der Waals surface area (Å²) >= 11 is 5.97. The lowest BCUT2D eigenvalue weighted by molar-refractivity contribution is 0.0944. The highest BCUT2D eigenvalue weighted by molar-refractivity contribution is 6.31. The van der Waals surface area contributed by atoms with Crippen LogP contribution in [0.25, 0.3) is 11.0 Å². The summed E-state index contributed by atoms with van der Waals surface area (Å²) in [7, 11) is 0. The maximum atomic E-state index is 12.3. The van der Waals surface area contributed by atoms with E-state index in [0.29, 0.717) is 23.4 Å². The van der Waals surface area contributed by atoms with Crippen LogP contribution in [0, 0.1) is 0 Å². The van der Waals surface area contributed by atoms with E-state index in [-0.39, 0.29) is 18.1 Å². The number of benzene rings is 1. The summed E-state index contributed by atoms with van der Waals surface area (Å²) in [5, 5.41) is 3.43. The molecule has 1 aliphatic heterocycles. The number of hydrogen-bond acceptors (Lipinski definition) is 6. The number of nitrogens with zero attached hydrogens (tertiary/aromatic N) is 4. The van der Waals surface area contributed by atoms with Gasteiger partial charge in [0.25, 0.3) is 5.91 Å². The smallest absolute Gasteiger partial charge is 0.271 e. The molecule has 140 valence electrons. The molecule has 1 unspecified atom stereocenters. The third-order valence-electron chi connectivity index (χ3n) is 4.72. The number of anilines is 1. The summed E-state index contributed by atoms with van der Waals surface area (Å²) in [6.07, 6.45) is 5.28. The number of aromatic nitrogens is 4. The molecule has 1 amide bonds. The fraction of sp³-hybridized carbons (Fsp3) is 0.333. The molecule has 0 bridgehead atoms. The van der Waals surface area contributed by atoms with Crippen molar-refractivity contribution in [2.45, 2.75) is 25.4 Å². The van der Waals surface area contributed by atoms with Gasteiger partial charge in [0, 0.05) is 24.2 Å². The average molecular weight is 386 g/mol. The standard InChI is InChI=1S/C18H20ClN7O/c19-11-3-4-13-14(6-11)25-16(24-13)9-23-18(27)15-8-22-17(10-21-15)26-5-1-2-12(26)7-20/h3-4,6,8,10,12H,1-2,5,7,9,20H2,(H,23,27)(H,24,25). The molecule has 1 aromatic carbocycles. The number of rotatable bonds is 5. The van der Waals surface area contributed by atoms with Crippen LogP contribution in [0.5, 0.6) is 0 Å². The largest absolute Gasteiger partial charge is 0.351 e. The Bertz CT molecular complexity index is 956. The second-order valence-corrected chi connectivity index (χ2v) is 6.95. The highest BCUT2D eigenvalue weighted by Gasteiger charge is 2.24. The van der Waals surface area contributed by atoms with E-state index >= 15 is 0 Å². The Morgan fingerprint density at radius 2 is 2.26 bits per heavy atom. The minimum atomic E-state index is -0.302. The summed E-state index contributed by atoms with van der Waals surface area (Å²) in [6.45, 7) is 1.76. The molecule has 2 aromatic heterocycles. The van der Waals surface area contributed by atoms with Gasteiger partial charge in [-0.25, -0.2) is 15.0 Å². The molecule has 8 nitrogen and oxygen atoms in total. The molecule has 1 atom stereocenters. The number of carbonyl (C=O) groups excluding carboxylic acids is 1. The van der Waals surface area contributed by atoms with Crippen molar-refractivity contribution >= 4 is 34.4 Å². The Hall–Kier alpha value is -2.71.